The molecule has 0 aliphatic carbocycles. The van der Waals surface area contributed by atoms with Crippen LogP contribution in [-0.2, 0) is 19.1 Å². The third-order valence-corrected chi connectivity index (χ3v) is 5.71. The zero-order valence-corrected chi connectivity index (χ0v) is 17.7. The van der Waals surface area contributed by atoms with Crippen molar-refractivity contribution in [2.24, 2.45) is 0 Å². The molecule has 1 aromatic rings. The lowest BCUT2D eigenvalue weighted by Crippen LogP contribution is -2.42. The predicted molar refractivity (Wildman–Crippen MR) is 109 cm³/mol. The molecule has 0 spiro atoms. The van der Waals surface area contributed by atoms with E-state index in [2.05, 4.69) is 0 Å². The highest BCUT2D eigenvalue weighted by atomic mass is 32.2. The Morgan fingerprint density at radius 2 is 1.96 bits per heavy atom. The third kappa shape index (κ3) is 6.68. The van der Waals surface area contributed by atoms with E-state index in [1.807, 2.05) is 34.1 Å². The summed E-state index contributed by atoms with van der Waals surface area (Å²) >= 11 is 1.75. The highest BCUT2D eigenvalue weighted by molar-refractivity contribution is 7.99. The monoisotopic (exact) mass is 410 g/mol. The molecule has 1 amide bonds. The lowest BCUT2D eigenvalue weighted by molar-refractivity contribution is -0.145. The van der Waals surface area contributed by atoms with Crippen molar-refractivity contribution in [3.05, 3.63) is 29.8 Å². The van der Waals surface area contributed by atoms with Crippen molar-refractivity contribution in [1.82, 2.24) is 9.80 Å². The van der Waals surface area contributed by atoms with Crippen molar-refractivity contribution in [3.8, 4) is 5.75 Å². The van der Waals surface area contributed by atoms with Crippen molar-refractivity contribution in [1.29, 1.82) is 0 Å². The molecule has 1 aliphatic heterocycles. The Labute approximate surface area is 171 Å². The molecule has 0 N–H and O–H groups in total. The summed E-state index contributed by atoms with van der Waals surface area (Å²) < 4.78 is 15.4. The molecule has 1 aliphatic rings. The normalized spacial score (nSPS) is 16.4. The Kier molecular flexibility index (Phi) is 9.60. The molecule has 0 radical (unpaired) electrons. The van der Waals surface area contributed by atoms with Crippen molar-refractivity contribution in [2.45, 2.75) is 18.7 Å². The van der Waals surface area contributed by atoms with Gasteiger partial charge in [-0.25, -0.2) is 0 Å². The fraction of sp³-hybridized carbons (Fsp3) is 0.600. The molecule has 0 saturated carbocycles. The van der Waals surface area contributed by atoms with Crippen molar-refractivity contribution >= 4 is 23.6 Å². The zero-order chi connectivity index (χ0) is 20.4. The van der Waals surface area contributed by atoms with E-state index in [4.69, 9.17) is 14.2 Å². The van der Waals surface area contributed by atoms with Crippen LogP contribution in [-0.4, -0.2) is 81.0 Å². The molecule has 2 rings (SSSR count). The average molecular weight is 411 g/mol. The van der Waals surface area contributed by atoms with Crippen LogP contribution in [0.2, 0.25) is 0 Å². The maximum Gasteiger partial charge on any atom is 0.320 e. The summed E-state index contributed by atoms with van der Waals surface area (Å²) in [6, 6.07) is 7.82. The first-order valence-corrected chi connectivity index (χ1v) is 10.6. The molecular formula is C20H30N2O5S. The van der Waals surface area contributed by atoms with Gasteiger partial charge in [0.15, 0.2) is 0 Å². The summed E-state index contributed by atoms with van der Waals surface area (Å²) in [5.74, 6) is 1.40. The van der Waals surface area contributed by atoms with Gasteiger partial charge in [0.2, 0.25) is 5.91 Å². The summed E-state index contributed by atoms with van der Waals surface area (Å²) in [7, 11) is 3.28. The lowest BCUT2D eigenvalue weighted by atomic mass is 10.2. The highest BCUT2D eigenvalue weighted by Crippen LogP contribution is 2.38. The van der Waals surface area contributed by atoms with E-state index in [0.29, 0.717) is 26.3 Å². The van der Waals surface area contributed by atoms with E-state index < -0.39 is 0 Å². The summed E-state index contributed by atoms with van der Waals surface area (Å²) in [6.07, 6.45) is 0.750. The van der Waals surface area contributed by atoms with Crippen LogP contribution in [0, 0.1) is 0 Å². The molecule has 1 saturated heterocycles. The lowest BCUT2D eigenvalue weighted by Gasteiger charge is -2.28. The molecule has 1 fully saturated rings. The van der Waals surface area contributed by atoms with E-state index in [9.17, 15) is 9.59 Å². The highest BCUT2D eigenvalue weighted by Gasteiger charge is 2.31. The summed E-state index contributed by atoms with van der Waals surface area (Å²) in [4.78, 5) is 28.6. The molecule has 0 unspecified atom stereocenters. The van der Waals surface area contributed by atoms with E-state index in [0.717, 1.165) is 23.5 Å². The maximum atomic E-state index is 13.0. The number of benzene rings is 1. The van der Waals surface area contributed by atoms with Crippen molar-refractivity contribution in [3.63, 3.8) is 0 Å². The molecular weight excluding hydrogens is 380 g/mol. The number of hydrogen-bond acceptors (Lipinski definition) is 7. The Morgan fingerprint density at radius 3 is 2.61 bits per heavy atom. The number of nitrogens with zero attached hydrogens (tertiary/aromatic N) is 2. The summed E-state index contributed by atoms with van der Waals surface area (Å²) in [5, 5.41) is -0.0122. The van der Waals surface area contributed by atoms with E-state index in [1.54, 1.807) is 32.9 Å². The van der Waals surface area contributed by atoms with Gasteiger partial charge in [-0.3, -0.25) is 14.5 Å². The van der Waals surface area contributed by atoms with Gasteiger partial charge in [-0.05, 0) is 31.0 Å². The number of carbonyl (C=O) groups is 2. The van der Waals surface area contributed by atoms with Crippen LogP contribution >= 0.6 is 11.8 Å². The Bertz CT molecular complexity index is 626. The Balaban J connectivity index is 2.01. The van der Waals surface area contributed by atoms with Crippen LogP contribution in [0.1, 0.15) is 24.3 Å². The first-order chi connectivity index (χ1) is 13.6. The van der Waals surface area contributed by atoms with Crippen LogP contribution < -0.4 is 4.74 Å². The van der Waals surface area contributed by atoms with Gasteiger partial charge in [0.25, 0.3) is 0 Å². The quantitative estimate of drug-likeness (QED) is 0.409. The molecule has 8 heteroatoms. The Hall–Kier alpha value is -1.77. The number of esters is 1. The molecule has 1 heterocycles. The van der Waals surface area contributed by atoms with Crippen LogP contribution in [0.25, 0.3) is 0 Å². The summed E-state index contributed by atoms with van der Waals surface area (Å²) in [6.45, 7) is 4.30. The topological polar surface area (TPSA) is 68.3 Å². The van der Waals surface area contributed by atoms with E-state index >= 15 is 0 Å². The van der Waals surface area contributed by atoms with Gasteiger partial charge in [0.1, 0.15) is 11.1 Å². The number of rotatable bonds is 11. The van der Waals surface area contributed by atoms with Gasteiger partial charge >= 0.3 is 5.97 Å². The predicted octanol–water partition coefficient (Wildman–Crippen LogP) is 2.17. The van der Waals surface area contributed by atoms with Gasteiger partial charge < -0.3 is 19.1 Å². The zero-order valence-electron chi connectivity index (χ0n) is 16.9. The second kappa shape index (κ2) is 11.9. The number of carbonyl (C=O) groups excluding carboxylic acids is 2. The second-order valence-electron chi connectivity index (χ2n) is 6.45. The molecule has 0 aromatic heterocycles. The van der Waals surface area contributed by atoms with Gasteiger partial charge in [0.05, 0.1) is 26.8 Å². The molecule has 1 aromatic carbocycles. The number of thioether (sulfide) groups is 1. The van der Waals surface area contributed by atoms with Gasteiger partial charge in [0, 0.05) is 32.6 Å². The molecule has 1 atom stereocenters. The first kappa shape index (κ1) is 22.5. The SMILES string of the molecule is CCOC(=O)CN(CCCOC)CC(=O)N1CCS[C@H]1c1ccc(OC)cc1. The minimum Gasteiger partial charge on any atom is -0.497 e. The largest absolute Gasteiger partial charge is 0.497 e. The third-order valence-electron chi connectivity index (χ3n) is 4.45. The van der Waals surface area contributed by atoms with Crippen LogP contribution in [0.3, 0.4) is 0 Å². The fourth-order valence-corrected chi connectivity index (χ4v) is 4.37. The number of ether oxygens (including phenoxy) is 3. The maximum absolute atomic E-state index is 13.0. The minimum absolute atomic E-state index is 0.0122. The van der Waals surface area contributed by atoms with Crippen LogP contribution in [0.4, 0.5) is 0 Å². The molecule has 156 valence electrons. The smallest absolute Gasteiger partial charge is 0.320 e. The van der Waals surface area contributed by atoms with Gasteiger partial charge in [-0.2, -0.15) is 0 Å². The number of amides is 1. The van der Waals surface area contributed by atoms with Crippen molar-refractivity contribution < 1.29 is 23.8 Å². The summed E-state index contributed by atoms with van der Waals surface area (Å²) in [5.41, 5.74) is 1.08. The molecule has 28 heavy (non-hydrogen) atoms. The average Bonchev–Trinajstić information content (AvgIpc) is 3.18. The minimum atomic E-state index is -0.310. The van der Waals surface area contributed by atoms with Crippen LogP contribution in [0.15, 0.2) is 24.3 Å². The van der Waals surface area contributed by atoms with Crippen LogP contribution in [0.5, 0.6) is 5.75 Å². The number of hydrogen-bond donors (Lipinski definition) is 0. The second-order valence-corrected chi connectivity index (χ2v) is 7.63. The van der Waals surface area contributed by atoms with E-state index in [-0.39, 0.29) is 30.3 Å². The fourth-order valence-electron chi connectivity index (χ4n) is 3.09. The van der Waals surface area contributed by atoms with Gasteiger partial charge in [-0.15, -0.1) is 11.8 Å². The number of methoxy groups -OCH3 is 2. The Morgan fingerprint density at radius 1 is 1.21 bits per heavy atom. The van der Waals surface area contributed by atoms with E-state index in [1.165, 1.54) is 0 Å². The first-order valence-electron chi connectivity index (χ1n) is 9.51. The standard InChI is InChI=1S/C20H30N2O5S/c1-4-27-19(24)15-21(10-5-12-25-2)14-18(23)22-11-13-28-20(22)16-6-8-17(26-3)9-7-16/h6-9,20H,4-5,10-15H2,1-3H3/t20-/m0/s1. The van der Waals surface area contributed by atoms with Gasteiger partial charge in [-0.1, -0.05) is 12.1 Å². The molecule has 7 nitrogen and oxygen atoms in total. The van der Waals surface area contributed by atoms with Crippen molar-refractivity contribution in [2.75, 3.05) is 59.4 Å². The molecule has 0 bridgehead atoms.